The maximum atomic E-state index is 13.1. The van der Waals surface area contributed by atoms with Crippen LogP contribution in [0.2, 0.25) is 0 Å². The van der Waals surface area contributed by atoms with Gasteiger partial charge in [0.15, 0.2) is 0 Å². The molecule has 0 N–H and O–H groups in total. The van der Waals surface area contributed by atoms with E-state index in [0.29, 0.717) is 43.5 Å². The molecule has 4 rings (SSSR count). The smallest absolute Gasteiger partial charge is 0.263 e. The van der Waals surface area contributed by atoms with Gasteiger partial charge in [0, 0.05) is 38.9 Å². The first-order chi connectivity index (χ1) is 19.2. The van der Waals surface area contributed by atoms with E-state index in [1.54, 1.807) is 21.5 Å². The van der Waals surface area contributed by atoms with Crippen LogP contribution in [-0.2, 0) is 27.3 Å². The van der Waals surface area contributed by atoms with Gasteiger partial charge in [-0.25, -0.2) is 4.98 Å². The molecular formula is C32H54N4O4. The minimum absolute atomic E-state index is 0.0139. The number of likely N-dealkylation sites (tertiary alicyclic amines) is 1. The summed E-state index contributed by atoms with van der Waals surface area (Å²) in [6.45, 7) is 17.7. The zero-order chi connectivity index (χ0) is 30.2. The predicted molar refractivity (Wildman–Crippen MR) is 164 cm³/mol. The van der Waals surface area contributed by atoms with Crippen LogP contribution in [0.3, 0.4) is 0 Å². The fourth-order valence-corrected chi connectivity index (χ4v) is 4.88. The van der Waals surface area contributed by atoms with Gasteiger partial charge in [-0.15, -0.1) is 0 Å². The fraction of sp³-hybridized carbons (Fsp3) is 0.688. The Balaban J connectivity index is 0.000000471. The average molecular weight is 559 g/mol. The molecule has 0 radical (unpaired) electrons. The van der Waals surface area contributed by atoms with Crippen LogP contribution in [-0.4, -0.2) is 64.5 Å². The molecule has 0 bridgehead atoms. The molecule has 1 saturated heterocycles. The minimum atomic E-state index is -0.156. The van der Waals surface area contributed by atoms with Gasteiger partial charge in [0.2, 0.25) is 12.3 Å². The van der Waals surface area contributed by atoms with E-state index in [4.69, 9.17) is 4.74 Å². The second-order valence-electron chi connectivity index (χ2n) is 10.7. The number of aryl methyl sites for hydroxylation is 1. The number of rotatable bonds is 5. The first-order valence-corrected chi connectivity index (χ1v) is 15.1. The number of hydrogen-bond acceptors (Lipinski definition) is 5. The highest BCUT2D eigenvalue weighted by Gasteiger charge is 2.36. The second-order valence-corrected chi connectivity index (χ2v) is 10.7. The van der Waals surface area contributed by atoms with Crippen molar-refractivity contribution >= 4 is 18.0 Å². The van der Waals surface area contributed by atoms with E-state index >= 15 is 0 Å². The molecular weight excluding hydrogens is 504 g/mol. The Hall–Kier alpha value is -2.74. The lowest BCUT2D eigenvalue weighted by Gasteiger charge is -2.39. The first-order valence-electron chi connectivity index (χ1n) is 15.1. The molecule has 1 aliphatic carbocycles. The van der Waals surface area contributed by atoms with Crippen molar-refractivity contribution in [1.29, 1.82) is 0 Å². The van der Waals surface area contributed by atoms with E-state index in [1.165, 1.54) is 32.1 Å². The number of fused-ring (bicyclic) bond motifs is 1. The molecule has 2 amide bonds. The van der Waals surface area contributed by atoms with Crippen molar-refractivity contribution in [2.75, 3.05) is 26.7 Å². The average Bonchev–Trinajstić information content (AvgIpc) is 2.94. The molecule has 2 fully saturated rings. The van der Waals surface area contributed by atoms with Gasteiger partial charge in [-0.2, -0.15) is 0 Å². The summed E-state index contributed by atoms with van der Waals surface area (Å²) in [6, 6.07) is 0. The third-order valence-corrected chi connectivity index (χ3v) is 7.37. The van der Waals surface area contributed by atoms with Gasteiger partial charge in [-0.1, -0.05) is 65.0 Å². The van der Waals surface area contributed by atoms with Crippen molar-refractivity contribution in [3.63, 3.8) is 0 Å². The largest absolute Gasteiger partial charge is 0.382 e. The summed E-state index contributed by atoms with van der Waals surface area (Å²) in [6.07, 6.45) is 14.8. The summed E-state index contributed by atoms with van der Waals surface area (Å²) in [5.41, 5.74) is 2.03. The Bertz CT molecular complexity index is 1030. The van der Waals surface area contributed by atoms with Crippen molar-refractivity contribution in [1.82, 2.24) is 19.4 Å². The van der Waals surface area contributed by atoms with Gasteiger partial charge in [-0.3, -0.25) is 19.0 Å². The van der Waals surface area contributed by atoms with Crippen LogP contribution in [0, 0.1) is 18.8 Å². The quantitative estimate of drug-likeness (QED) is 0.346. The Kier molecular flexibility index (Phi) is 16.4. The lowest BCUT2D eigenvalue weighted by atomic mass is 9.91. The van der Waals surface area contributed by atoms with Crippen molar-refractivity contribution < 1.29 is 14.3 Å². The van der Waals surface area contributed by atoms with E-state index < -0.39 is 0 Å². The normalized spacial score (nSPS) is 17.5. The number of carbonyl (C=O) groups excluding carboxylic acids is 2. The number of ether oxygens (including phenoxy) is 1. The van der Waals surface area contributed by atoms with Crippen LogP contribution in [0.15, 0.2) is 23.0 Å². The summed E-state index contributed by atoms with van der Waals surface area (Å²) in [7, 11) is 1.70. The summed E-state index contributed by atoms with van der Waals surface area (Å²) < 4.78 is 6.35. The van der Waals surface area contributed by atoms with E-state index in [0.717, 1.165) is 23.7 Å². The number of allylic oxidation sites excluding steroid dienone is 4. The van der Waals surface area contributed by atoms with Crippen molar-refractivity contribution in [3.8, 4) is 0 Å². The number of aromatic nitrogens is 2. The van der Waals surface area contributed by atoms with Gasteiger partial charge < -0.3 is 14.5 Å². The summed E-state index contributed by atoms with van der Waals surface area (Å²) >= 11 is 0. The standard InChI is InChI=1S/C19H24N4O3.C7H14.C4H10O.C2H6/c1-4-6-15(5-2)23-13(3)20-17-7-8-22(11-16(17)19(23)26)18(25)14-9-21(10-14)12-24;1-7-5-3-2-4-6-7;1-4(2)5-3;1-2/h4-6,12,14H,7-11H2,1-3H3;7H,2-6H2,1H3;4H,1-3H3;1-2H3/b6-4-,15-5+;;;. The molecule has 1 aromatic rings. The van der Waals surface area contributed by atoms with Gasteiger partial charge in [0.25, 0.3) is 5.56 Å². The molecule has 226 valence electrons. The fourth-order valence-electron chi connectivity index (χ4n) is 4.88. The lowest BCUT2D eigenvalue weighted by Crippen LogP contribution is -2.55. The molecule has 1 aromatic heterocycles. The Labute approximate surface area is 242 Å². The monoisotopic (exact) mass is 558 g/mol. The van der Waals surface area contributed by atoms with E-state index in [1.807, 2.05) is 66.7 Å². The number of methoxy groups -OCH3 is 1. The van der Waals surface area contributed by atoms with Crippen LogP contribution >= 0.6 is 0 Å². The summed E-state index contributed by atoms with van der Waals surface area (Å²) in [5.74, 6) is 1.55. The van der Waals surface area contributed by atoms with Gasteiger partial charge in [-0.05, 0) is 46.6 Å². The van der Waals surface area contributed by atoms with E-state index in [2.05, 4.69) is 11.9 Å². The van der Waals surface area contributed by atoms with Crippen LogP contribution in [0.1, 0.15) is 97.7 Å². The van der Waals surface area contributed by atoms with Crippen molar-refractivity contribution in [2.24, 2.45) is 11.8 Å². The maximum absolute atomic E-state index is 13.1. The van der Waals surface area contributed by atoms with Gasteiger partial charge in [0.1, 0.15) is 5.82 Å². The van der Waals surface area contributed by atoms with E-state index in [9.17, 15) is 14.4 Å². The van der Waals surface area contributed by atoms with E-state index in [-0.39, 0.29) is 23.9 Å². The van der Waals surface area contributed by atoms with Crippen LogP contribution in [0.5, 0.6) is 0 Å². The molecule has 0 atom stereocenters. The topological polar surface area (TPSA) is 84.7 Å². The van der Waals surface area contributed by atoms with Crippen LogP contribution in [0.4, 0.5) is 0 Å². The molecule has 3 aliphatic rings. The SMILES string of the molecule is C/C=C\C(=C/C)n1c(C)nc2c(c1=O)CN(C(=O)C1CN(C=O)C1)CC2.CC.CC1CCCCC1.COC(C)C. The van der Waals surface area contributed by atoms with Crippen LogP contribution in [0.25, 0.3) is 5.70 Å². The number of amides is 2. The lowest BCUT2D eigenvalue weighted by molar-refractivity contribution is -0.144. The Morgan fingerprint density at radius 2 is 1.70 bits per heavy atom. The summed E-state index contributed by atoms with van der Waals surface area (Å²) in [4.78, 5) is 44.3. The molecule has 3 heterocycles. The molecule has 0 spiro atoms. The molecule has 1 saturated carbocycles. The first kappa shape index (κ1) is 35.3. The second kappa shape index (κ2) is 18.6. The third kappa shape index (κ3) is 10.3. The van der Waals surface area contributed by atoms with Gasteiger partial charge >= 0.3 is 0 Å². The molecule has 40 heavy (non-hydrogen) atoms. The highest BCUT2D eigenvalue weighted by Crippen LogP contribution is 2.23. The number of carbonyl (C=O) groups is 2. The predicted octanol–water partition coefficient (Wildman–Crippen LogP) is 5.62. The molecule has 8 heteroatoms. The Morgan fingerprint density at radius 1 is 1.10 bits per heavy atom. The Morgan fingerprint density at radius 3 is 2.15 bits per heavy atom. The molecule has 2 aliphatic heterocycles. The third-order valence-electron chi connectivity index (χ3n) is 7.37. The molecule has 0 unspecified atom stereocenters. The van der Waals surface area contributed by atoms with Gasteiger partial charge in [0.05, 0.1) is 29.8 Å². The minimum Gasteiger partial charge on any atom is -0.382 e. The molecule has 8 nitrogen and oxygen atoms in total. The van der Waals surface area contributed by atoms with Crippen LogP contribution < -0.4 is 5.56 Å². The molecule has 0 aromatic carbocycles. The number of hydrogen-bond donors (Lipinski definition) is 0. The number of nitrogens with zero attached hydrogens (tertiary/aromatic N) is 4. The highest BCUT2D eigenvalue weighted by molar-refractivity contribution is 5.81. The summed E-state index contributed by atoms with van der Waals surface area (Å²) in [5, 5.41) is 0. The highest BCUT2D eigenvalue weighted by atomic mass is 16.5. The zero-order valence-corrected chi connectivity index (χ0v) is 26.5. The zero-order valence-electron chi connectivity index (χ0n) is 26.5. The van der Waals surface area contributed by atoms with Crippen molar-refractivity contribution in [2.45, 2.75) is 107 Å². The maximum Gasteiger partial charge on any atom is 0.263 e. The van der Waals surface area contributed by atoms with Crippen molar-refractivity contribution in [3.05, 3.63) is 45.7 Å².